The van der Waals surface area contributed by atoms with E-state index in [0.29, 0.717) is 24.8 Å². The standard InChI is InChI=1S/C22H30O5/c1-12-9-20(2)13(8-16(12)24)4-5-14-15-6-7-22(27,18(26)11-23)21(15,3)10-17(25)19(14)20/h8,14-15,17,19,23,25,27H,1,4-7,9-11H2,2-3H3/t14-,15-,17-,19+,20-,21-,22-/m0/s1. The van der Waals surface area contributed by atoms with Crippen LogP contribution in [0, 0.1) is 28.6 Å². The lowest BCUT2D eigenvalue weighted by Crippen LogP contribution is -2.62. The summed E-state index contributed by atoms with van der Waals surface area (Å²) in [5, 5.41) is 31.8. The molecule has 4 aliphatic rings. The molecule has 0 heterocycles. The first-order valence-electron chi connectivity index (χ1n) is 10.1. The predicted octanol–water partition coefficient (Wildman–Crippen LogP) is 1.95. The summed E-state index contributed by atoms with van der Waals surface area (Å²) >= 11 is 0. The van der Waals surface area contributed by atoms with Crippen molar-refractivity contribution in [1.82, 2.24) is 0 Å². The number of rotatable bonds is 2. The summed E-state index contributed by atoms with van der Waals surface area (Å²) in [5.74, 6) is -0.234. The van der Waals surface area contributed by atoms with Crippen LogP contribution in [0.3, 0.4) is 0 Å². The third-order valence-corrected chi connectivity index (χ3v) is 8.66. The van der Waals surface area contributed by atoms with Gasteiger partial charge in [0, 0.05) is 5.41 Å². The van der Waals surface area contributed by atoms with Gasteiger partial charge in [-0.2, -0.15) is 0 Å². The highest BCUT2D eigenvalue weighted by Crippen LogP contribution is 2.67. The lowest BCUT2D eigenvalue weighted by molar-refractivity contribution is -0.181. The Morgan fingerprint density at radius 2 is 2.04 bits per heavy atom. The van der Waals surface area contributed by atoms with Crippen molar-refractivity contribution < 1.29 is 24.9 Å². The van der Waals surface area contributed by atoms with Crippen molar-refractivity contribution >= 4 is 11.6 Å². The van der Waals surface area contributed by atoms with E-state index in [2.05, 4.69) is 13.5 Å². The third kappa shape index (κ3) is 2.28. The maximum atomic E-state index is 12.4. The second kappa shape index (κ2) is 5.85. The minimum atomic E-state index is -1.57. The van der Waals surface area contributed by atoms with Gasteiger partial charge in [-0.3, -0.25) is 9.59 Å². The average Bonchev–Trinajstić information content (AvgIpc) is 2.87. The molecule has 0 aromatic rings. The van der Waals surface area contributed by atoms with Gasteiger partial charge >= 0.3 is 0 Å². The first kappa shape index (κ1) is 19.0. The van der Waals surface area contributed by atoms with E-state index in [1.54, 1.807) is 6.08 Å². The maximum absolute atomic E-state index is 12.4. The summed E-state index contributed by atoms with van der Waals surface area (Å²) in [6.45, 7) is 7.32. The van der Waals surface area contributed by atoms with E-state index in [9.17, 15) is 24.9 Å². The first-order chi connectivity index (χ1) is 12.6. The number of aliphatic hydroxyl groups is 3. The quantitative estimate of drug-likeness (QED) is 0.642. The van der Waals surface area contributed by atoms with Crippen LogP contribution in [0.15, 0.2) is 23.8 Å². The van der Waals surface area contributed by atoms with Gasteiger partial charge in [0.25, 0.3) is 0 Å². The molecule has 0 spiro atoms. The van der Waals surface area contributed by atoms with Gasteiger partial charge in [0.15, 0.2) is 11.6 Å². The highest BCUT2D eigenvalue weighted by Gasteiger charge is 2.68. The van der Waals surface area contributed by atoms with Gasteiger partial charge in [-0.15, -0.1) is 0 Å². The molecule has 0 saturated heterocycles. The number of carbonyl (C=O) groups excluding carboxylic acids is 2. The first-order valence-corrected chi connectivity index (χ1v) is 10.1. The van der Waals surface area contributed by atoms with Crippen molar-refractivity contribution in [3.05, 3.63) is 23.8 Å². The molecule has 4 aliphatic carbocycles. The fraction of sp³-hybridized carbons (Fsp3) is 0.727. The fourth-order valence-corrected chi connectivity index (χ4v) is 7.33. The number of aliphatic hydroxyl groups excluding tert-OH is 2. The summed E-state index contributed by atoms with van der Waals surface area (Å²) in [7, 11) is 0. The van der Waals surface area contributed by atoms with E-state index in [0.717, 1.165) is 24.8 Å². The lowest BCUT2D eigenvalue weighted by Gasteiger charge is -2.60. The Kier molecular flexibility index (Phi) is 4.12. The number of hydrogen-bond acceptors (Lipinski definition) is 5. The van der Waals surface area contributed by atoms with Gasteiger partial charge in [-0.1, -0.05) is 26.0 Å². The van der Waals surface area contributed by atoms with E-state index < -0.39 is 29.5 Å². The molecule has 0 radical (unpaired) electrons. The topological polar surface area (TPSA) is 94.8 Å². The van der Waals surface area contributed by atoms with Gasteiger partial charge in [0.2, 0.25) is 0 Å². The predicted molar refractivity (Wildman–Crippen MR) is 99.7 cm³/mol. The average molecular weight is 374 g/mol. The van der Waals surface area contributed by atoms with Gasteiger partial charge in [-0.25, -0.2) is 0 Å². The minimum Gasteiger partial charge on any atom is -0.393 e. The Labute approximate surface area is 160 Å². The van der Waals surface area contributed by atoms with E-state index in [1.165, 1.54) is 0 Å². The molecule has 27 heavy (non-hydrogen) atoms. The van der Waals surface area contributed by atoms with E-state index in [-0.39, 0.29) is 29.0 Å². The third-order valence-electron chi connectivity index (χ3n) is 8.66. The zero-order valence-electron chi connectivity index (χ0n) is 16.2. The molecule has 0 aromatic carbocycles. The summed E-state index contributed by atoms with van der Waals surface area (Å²) in [4.78, 5) is 24.5. The highest BCUT2D eigenvalue weighted by atomic mass is 16.3. The zero-order valence-corrected chi connectivity index (χ0v) is 16.2. The highest BCUT2D eigenvalue weighted by molar-refractivity contribution is 6.05. The van der Waals surface area contributed by atoms with Crippen LogP contribution in [0.5, 0.6) is 0 Å². The Bertz CT molecular complexity index is 754. The molecule has 3 N–H and O–H groups in total. The van der Waals surface area contributed by atoms with E-state index >= 15 is 0 Å². The van der Waals surface area contributed by atoms with Crippen molar-refractivity contribution in [3.8, 4) is 0 Å². The number of allylic oxidation sites excluding steroid dienone is 2. The minimum absolute atomic E-state index is 0.000142. The molecule has 5 nitrogen and oxygen atoms in total. The van der Waals surface area contributed by atoms with Crippen LogP contribution >= 0.6 is 0 Å². The van der Waals surface area contributed by atoms with Gasteiger partial charge in [0.05, 0.1) is 6.10 Å². The van der Waals surface area contributed by atoms with Crippen LogP contribution in [0.25, 0.3) is 0 Å². The molecular formula is C22H30O5. The Hall–Kier alpha value is -1.30. The normalized spacial score (nSPS) is 49.1. The van der Waals surface area contributed by atoms with Crippen LogP contribution in [-0.4, -0.2) is 45.2 Å². The molecule has 0 bridgehead atoms. The molecule has 0 amide bonds. The van der Waals surface area contributed by atoms with Crippen molar-refractivity contribution in [1.29, 1.82) is 0 Å². The SMILES string of the molecule is C=C1C[C@@]2(C)C(=CC1=O)CC[C@@H]1[C@@H]2[C@@H](O)C[C@@]2(C)[C@H]1CC[C@]2(O)C(=O)CO. The summed E-state index contributed by atoms with van der Waals surface area (Å²) in [6.07, 6.45) is 4.69. The van der Waals surface area contributed by atoms with Crippen molar-refractivity contribution in [3.63, 3.8) is 0 Å². The van der Waals surface area contributed by atoms with Crippen LogP contribution in [-0.2, 0) is 9.59 Å². The summed E-state index contributed by atoms with van der Waals surface area (Å²) in [5.41, 5.74) is -0.881. The van der Waals surface area contributed by atoms with Crippen molar-refractivity contribution in [2.75, 3.05) is 6.61 Å². The number of Topliss-reactive ketones (excluding diaryl/α,β-unsaturated/α-hetero) is 1. The number of carbonyl (C=O) groups is 2. The molecule has 0 aliphatic heterocycles. The molecule has 4 rings (SSSR count). The van der Waals surface area contributed by atoms with Crippen LogP contribution in [0.4, 0.5) is 0 Å². The van der Waals surface area contributed by atoms with Gasteiger partial charge in [-0.05, 0) is 73.3 Å². The largest absolute Gasteiger partial charge is 0.393 e. The van der Waals surface area contributed by atoms with Crippen LogP contribution < -0.4 is 0 Å². The molecule has 3 saturated carbocycles. The zero-order chi connectivity index (χ0) is 19.8. The molecular weight excluding hydrogens is 344 g/mol. The Morgan fingerprint density at radius 3 is 2.70 bits per heavy atom. The number of ketones is 2. The molecule has 5 heteroatoms. The molecule has 0 unspecified atom stereocenters. The van der Waals surface area contributed by atoms with Crippen molar-refractivity contribution in [2.45, 2.75) is 64.1 Å². The van der Waals surface area contributed by atoms with Crippen LogP contribution in [0.2, 0.25) is 0 Å². The molecule has 3 fully saturated rings. The second-order valence-electron chi connectivity index (χ2n) is 9.74. The van der Waals surface area contributed by atoms with E-state index in [4.69, 9.17) is 0 Å². The molecule has 0 aromatic heterocycles. The van der Waals surface area contributed by atoms with Crippen LogP contribution in [0.1, 0.15) is 52.4 Å². The summed E-state index contributed by atoms with van der Waals surface area (Å²) in [6, 6.07) is 0. The molecule has 148 valence electrons. The fourth-order valence-electron chi connectivity index (χ4n) is 7.33. The Balaban J connectivity index is 1.75. The van der Waals surface area contributed by atoms with E-state index in [1.807, 2.05) is 6.92 Å². The second-order valence-corrected chi connectivity index (χ2v) is 9.74. The Morgan fingerprint density at radius 1 is 1.33 bits per heavy atom. The van der Waals surface area contributed by atoms with Gasteiger partial charge < -0.3 is 15.3 Å². The molecule has 7 atom stereocenters. The maximum Gasteiger partial charge on any atom is 0.190 e. The number of hydrogen-bond donors (Lipinski definition) is 3. The lowest BCUT2D eigenvalue weighted by atomic mass is 9.45. The smallest absolute Gasteiger partial charge is 0.190 e. The van der Waals surface area contributed by atoms with Gasteiger partial charge in [0.1, 0.15) is 12.2 Å². The monoisotopic (exact) mass is 374 g/mol. The van der Waals surface area contributed by atoms with Crippen molar-refractivity contribution in [2.24, 2.45) is 28.6 Å². The summed E-state index contributed by atoms with van der Waals surface area (Å²) < 4.78 is 0. The number of fused-ring (bicyclic) bond motifs is 5.